The van der Waals surface area contributed by atoms with Crippen molar-refractivity contribution in [3.8, 4) is 5.75 Å². The molecule has 0 saturated carbocycles. The zero-order valence-electron chi connectivity index (χ0n) is 16.7. The number of nitrogens with one attached hydrogen (secondary N) is 1. The number of primary amides is 1. The van der Waals surface area contributed by atoms with Crippen LogP contribution in [-0.4, -0.2) is 45.7 Å². The summed E-state index contributed by atoms with van der Waals surface area (Å²) in [5.41, 5.74) is 4.40. The van der Waals surface area contributed by atoms with Gasteiger partial charge in [0.05, 0.1) is 20.1 Å². The number of hydrogen-bond donors (Lipinski definition) is 4. The molecule has 2 aromatic carbocycles. The highest BCUT2D eigenvalue weighted by atomic mass is 19.1. The lowest BCUT2D eigenvalue weighted by molar-refractivity contribution is -0.159. The third-order valence-electron chi connectivity index (χ3n) is 5.22. The molecule has 3 rings (SSSR count). The summed E-state index contributed by atoms with van der Waals surface area (Å²) in [6.45, 7) is -0.0796. The number of methoxy groups -OCH3 is 1. The van der Waals surface area contributed by atoms with Crippen LogP contribution in [0.25, 0.3) is 0 Å². The Balaban J connectivity index is 1.86. The quantitative estimate of drug-likeness (QED) is 0.471. The van der Waals surface area contributed by atoms with E-state index in [0.717, 1.165) is 4.90 Å². The molecular weight excluding hydrogens is 409 g/mol. The van der Waals surface area contributed by atoms with Gasteiger partial charge in [-0.3, -0.25) is 19.3 Å². The molecule has 9 nitrogen and oxygen atoms in total. The highest BCUT2D eigenvalue weighted by Crippen LogP contribution is 2.35. The smallest absolute Gasteiger partial charge is 0.303 e. The molecule has 0 radical (unpaired) electrons. The van der Waals surface area contributed by atoms with Gasteiger partial charge in [0.1, 0.15) is 11.6 Å². The Morgan fingerprint density at radius 1 is 1.32 bits per heavy atom. The summed E-state index contributed by atoms with van der Waals surface area (Å²) in [5, 5.41) is 22.7. The van der Waals surface area contributed by atoms with Gasteiger partial charge in [-0.2, -0.15) is 0 Å². The molecule has 0 unspecified atom stereocenters. The molecule has 2 aromatic rings. The fourth-order valence-electron chi connectivity index (χ4n) is 3.47. The van der Waals surface area contributed by atoms with E-state index in [1.807, 2.05) is 0 Å². The second kappa shape index (κ2) is 8.60. The van der Waals surface area contributed by atoms with Crippen molar-refractivity contribution in [2.24, 2.45) is 5.73 Å². The number of nitrogens with zero attached hydrogens (tertiary/aromatic N) is 1. The van der Waals surface area contributed by atoms with Gasteiger partial charge in [0.25, 0.3) is 11.8 Å². The number of carboxylic acid groups (broad SMARTS) is 1. The molecule has 1 aliphatic heterocycles. The lowest BCUT2D eigenvalue weighted by atomic mass is 10.0. The number of amides is 2. The average molecular weight is 431 g/mol. The molecule has 0 saturated heterocycles. The van der Waals surface area contributed by atoms with Gasteiger partial charge in [-0.15, -0.1) is 0 Å². The van der Waals surface area contributed by atoms with Gasteiger partial charge < -0.3 is 26.0 Å². The van der Waals surface area contributed by atoms with E-state index in [2.05, 4.69) is 5.32 Å². The van der Waals surface area contributed by atoms with Gasteiger partial charge in [0.2, 0.25) is 5.72 Å². The normalized spacial score (nSPS) is 14.7. The maximum atomic E-state index is 14.1. The Kier molecular flexibility index (Phi) is 6.11. The number of carbonyl (C=O) groups is 3. The molecule has 1 atom stereocenters. The SMILES string of the molecule is COc1ccc(F)c(CNc2cccc3c2CN([C@](O)(CCC(=O)O)C(N)=O)C3=O)c1. The van der Waals surface area contributed by atoms with Gasteiger partial charge in [-0.05, 0) is 30.3 Å². The standard InChI is InChI=1S/C21H22FN3O6/c1-31-13-5-6-16(22)12(9-13)10-24-17-4-2-3-14-15(17)11-25(19(14)28)21(30,20(23)29)8-7-18(26)27/h2-6,9,24,30H,7-8,10-11H2,1H3,(H2,23,29)(H,26,27)/t21-/m0/s1. The topological polar surface area (TPSA) is 142 Å². The summed E-state index contributed by atoms with van der Waals surface area (Å²) < 4.78 is 19.2. The number of hydrogen-bond acceptors (Lipinski definition) is 6. The maximum Gasteiger partial charge on any atom is 0.303 e. The summed E-state index contributed by atoms with van der Waals surface area (Å²) in [6.07, 6.45) is -1.10. The van der Waals surface area contributed by atoms with E-state index in [0.29, 0.717) is 22.6 Å². The summed E-state index contributed by atoms with van der Waals surface area (Å²) in [5.74, 6) is -3.06. The minimum absolute atomic E-state index is 0.0901. The van der Waals surface area contributed by atoms with E-state index in [-0.39, 0.29) is 18.7 Å². The number of fused-ring (bicyclic) bond motifs is 1. The van der Waals surface area contributed by atoms with Crippen molar-refractivity contribution < 1.29 is 33.7 Å². The predicted molar refractivity (Wildman–Crippen MR) is 108 cm³/mol. The molecule has 0 aromatic heterocycles. The number of benzene rings is 2. The Hall–Kier alpha value is -3.66. The highest BCUT2D eigenvalue weighted by molar-refractivity contribution is 6.03. The number of aliphatic carboxylic acids is 1. The van der Waals surface area contributed by atoms with Crippen LogP contribution in [0.1, 0.15) is 34.3 Å². The van der Waals surface area contributed by atoms with E-state index >= 15 is 0 Å². The van der Waals surface area contributed by atoms with Crippen molar-refractivity contribution in [2.45, 2.75) is 31.7 Å². The summed E-state index contributed by atoms with van der Waals surface area (Å²) in [6, 6.07) is 9.12. The molecule has 0 fully saturated rings. The minimum Gasteiger partial charge on any atom is -0.497 e. The van der Waals surface area contributed by atoms with Crippen LogP contribution in [0.5, 0.6) is 5.75 Å². The number of halogens is 1. The van der Waals surface area contributed by atoms with Crippen LogP contribution in [0, 0.1) is 5.82 Å². The number of anilines is 1. The number of carboxylic acids is 1. The Morgan fingerprint density at radius 3 is 2.71 bits per heavy atom. The number of ether oxygens (including phenoxy) is 1. The van der Waals surface area contributed by atoms with E-state index in [1.54, 1.807) is 18.2 Å². The zero-order valence-corrected chi connectivity index (χ0v) is 16.7. The number of rotatable bonds is 9. The first-order valence-corrected chi connectivity index (χ1v) is 9.41. The molecule has 164 valence electrons. The van der Waals surface area contributed by atoms with Gasteiger partial charge in [0, 0.05) is 35.3 Å². The molecule has 31 heavy (non-hydrogen) atoms. The summed E-state index contributed by atoms with van der Waals surface area (Å²) in [7, 11) is 1.47. The van der Waals surface area contributed by atoms with Crippen molar-refractivity contribution in [3.05, 3.63) is 58.9 Å². The third-order valence-corrected chi connectivity index (χ3v) is 5.22. The van der Waals surface area contributed by atoms with Crippen LogP contribution >= 0.6 is 0 Å². The zero-order chi connectivity index (χ0) is 22.8. The number of carbonyl (C=O) groups excluding carboxylic acids is 2. The molecule has 2 amide bonds. The van der Waals surface area contributed by atoms with Gasteiger partial charge in [0.15, 0.2) is 0 Å². The molecular formula is C21H22FN3O6. The largest absolute Gasteiger partial charge is 0.497 e. The van der Waals surface area contributed by atoms with Crippen LogP contribution in [-0.2, 0) is 22.7 Å². The fraction of sp³-hybridized carbons (Fsp3) is 0.286. The molecule has 0 spiro atoms. The second-order valence-corrected chi connectivity index (χ2v) is 7.11. The van der Waals surface area contributed by atoms with Crippen molar-refractivity contribution >= 4 is 23.5 Å². The Labute approximate surface area is 177 Å². The fourth-order valence-corrected chi connectivity index (χ4v) is 3.47. The Morgan fingerprint density at radius 2 is 2.06 bits per heavy atom. The number of nitrogens with two attached hydrogens (primary N) is 1. The number of aliphatic hydroxyl groups is 1. The van der Waals surface area contributed by atoms with Crippen LogP contribution in [0.4, 0.5) is 10.1 Å². The molecule has 10 heteroatoms. The average Bonchev–Trinajstić information content (AvgIpc) is 3.09. The third kappa shape index (κ3) is 4.29. The molecule has 0 aliphatic carbocycles. The molecule has 1 aliphatic rings. The first kappa shape index (κ1) is 22.0. The Bertz CT molecular complexity index is 1040. The molecule has 5 N–H and O–H groups in total. The van der Waals surface area contributed by atoms with Crippen molar-refractivity contribution in [1.29, 1.82) is 0 Å². The lowest BCUT2D eigenvalue weighted by Crippen LogP contribution is -2.58. The predicted octanol–water partition coefficient (Wildman–Crippen LogP) is 1.44. The molecule has 1 heterocycles. The van der Waals surface area contributed by atoms with E-state index in [4.69, 9.17) is 15.6 Å². The highest BCUT2D eigenvalue weighted by Gasteiger charge is 2.47. The lowest BCUT2D eigenvalue weighted by Gasteiger charge is -2.33. The first-order valence-electron chi connectivity index (χ1n) is 9.41. The summed E-state index contributed by atoms with van der Waals surface area (Å²) in [4.78, 5) is 36.6. The van der Waals surface area contributed by atoms with Crippen LogP contribution in [0.3, 0.4) is 0 Å². The minimum atomic E-state index is -2.45. The van der Waals surface area contributed by atoms with Gasteiger partial charge in [-0.25, -0.2) is 4.39 Å². The molecule has 0 bridgehead atoms. The van der Waals surface area contributed by atoms with E-state index < -0.39 is 42.2 Å². The van der Waals surface area contributed by atoms with Gasteiger partial charge >= 0.3 is 5.97 Å². The van der Waals surface area contributed by atoms with Crippen LogP contribution < -0.4 is 15.8 Å². The monoisotopic (exact) mass is 431 g/mol. The van der Waals surface area contributed by atoms with Crippen LogP contribution in [0.2, 0.25) is 0 Å². The maximum absolute atomic E-state index is 14.1. The van der Waals surface area contributed by atoms with E-state index in [9.17, 15) is 23.9 Å². The second-order valence-electron chi connectivity index (χ2n) is 7.11. The van der Waals surface area contributed by atoms with Crippen LogP contribution in [0.15, 0.2) is 36.4 Å². The van der Waals surface area contributed by atoms with Crippen molar-refractivity contribution in [1.82, 2.24) is 4.90 Å². The van der Waals surface area contributed by atoms with Crippen molar-refractivity contribution in [2.75, 3.05) is 12.4 Å². The first-order chi connectivity index (χ1) is 14.7. The van der Waals surface area contributed by atoms with E-state index in [1.165, 1.54) is 25.3 Å². The van der Waals surface area contributed by atoms with Gasteiger partial charge in [-0.1, -0.05) is 6.07 Å². The summed E-state index contributed by atoms with van der Waals surface area (Å²) >= 11 is 0. The van der Waals surface area contributed by atoms with Crippen molar-refractivity contribution in [3.63, 3.8) is 0 Å².